The monoisotopic (exact) mass is 686 g/mol. The standard InChI is InChI=1S/C34H31FN6O5S2/c1-44-24-15-9-21(10-16-24)33(43)36-19-30-37-38-34(40(30)23-13-11-22(35)12-14-23)48-20-31(42)41-27(18-26(39-41)29-8-5-17-47-29)25-6-4-7-28(45-2)32(25)46-3/h4-17,27H,18-20H2,1-3H3,(H,36,43)/t27-/m0/s1. The average molecular weight is 687 g/mol. The van der Waals surface area contributed by atoms with Crippen LogP contribution in [0.5, 0.6) is 17.2 Å². The first-order valence-electron chi connectivity index (χ1n) is 14.8. The Bertz CT molecular complexity index is 1930. The highest BCUT2D eigenvalue weighted by molar-refractivity contribution is 7.99. The van der Waals surface area contributed by atoms with E-state index >= 15 is 0 Å². The largest absolute Gasteiger partial charge is 0.497 e. The van der Waals surface area contributed by atoms with Crippen LogP contribution in [0.1, 0.15) is 39.1 Å². The first-order chi connectivity index (χ1) is 23.4. The first-order valence-corrected chi connectivity index (χ1v) is 16.7. The number of ether oxygens (including phenoxy) is 3. The van der Waals surface area contributed by atoms with Gasteiger partial charge in [-0.25, -0.2) is 9.40 Å². The highest BCUT2D eigenvalue weighted by Crippen LogP contribution is 2.42. The number of hydrogen-bond donors (Lipinski definition) is 1. The lowest BCUT2D eigenvalue weighted by atomic mass is 9.99. The number of nitrogens with zero attached hydrogens (tertiary/aromatic N) is 5. The summed E-state index contributed by atoms with van der Waals surface area (Å²) in [5, 5.41) is 20.1. The number of aromatic nitrogens is 3. The maximum absolute atomic E-state index is 13.9. The zero-order valence-electron chi connectivity index (χ0n) is 26.3. The number of hydrogen-bond acceptors (Lipinski definition) is 10. The van der Waals surface area contributed by atoms with E-state index in [0.29, 0.717) is 45.9 Å². The van der Waals surface area contributed by atoms with E-state index in [1.165, 1.54) is 28.9 Å². The number of rotatable bonds is 12. The molecule has 0 aliphatic carbocycles. The van der Waals surface area contributed by atoms with E-state index in [9.17, 15) is 14.0 Å². The number of para-hydroxylation sites is 1. The van der Waals surface area contributed by atoms with Crippen molar-refractivity contribution in [3.05, 3.63) is 112 Å². The third-order valence-electron chi connectivity index (χ3n) is 7.63. The maximum Gasteiger partial charge on any atom is 0.253 e. The fourth-order valence-electron chi connectivity index (χ4n) is 5.30. The molecule has 1 atom stereocenters. The summed E-state index contributed by atoms with van der Waals surface area (Å²) in [7, 11) is 4.69. The Balaban J connectivity index is 1.25. The van der Waals surface area contributed by atoms with Crippen LogP contribution in [0.3, 0.4) is 0 Å². The summed E-state index contributed by atoms with van der Waals surface area (Å²) >= 11 is 2.72. The highest BCUT2D eigenvalue weighted by atomic mass is 32.2. The summed E-state index contributed by atoms with van der Waals surface area (Å²) in [6, 6.07) is 21.6. The van der Waals surface area contributed by atoms with E-state index in [2.05, 4.69) is 15.5 Å². The van der Waals surface area contributed by atoms with Gasteiger partial charge in [-0.1, -0.05) is 30.0 Å². The van der Waals surface area contributed by atoms with Crippen molar-refractivity contribution in [2.75, 3.05) is 27.1 Å². The molecule has 3 heterocycles. The Morgan fingerprint density at radius 1 is 0.958 bits per heavy atom. The molecule has 0 unspecified atom stereocenters. The lowest BCUT2D eigenvalue weighted by molar-refractivity contribution is -0.130. The molecule has 2 aromatic heterocycles. The molecule has 0 saturated heterocycles. The van der Waals surface area contributed by atoms with E-state index < -0.39 is 11.9 Å². The molecule has 0 bridgehead atoms. The number of carbonyl (C=O) groups excluding carboxylic acids is 2. The van der Waals surface area contributed by atoms with Crippen LogP contribution in [0.2, 0.25) is 0 Å². The molecule has 1 N–H and O–H groups in total. The molecule has 1 aliphatic heterocycles. The molecule has 2 amide bonds. The molecule has 14 heteroatoms. The van der Waals surface area contributed by atoms with Gasteiger partial charge in [-0.05, 0) is 66.0 Å². The SMILES string of the molecule is COc1ccc(C(=O)NCc2nnc(SCC(=O)N3N=C(c4cccs4)C[C@H]3c3cccc(OC)c3OC)n2-c2ccc(F)cc2)cc1. The van der Waals surface area contributed by atoms with Crippen molar-refractivity contribution in [1.29, 1.82) is 0 Å². The van der Waals surface area contributed by atoms with Gasteiger partial charge in [-0.3, -0.25) is 14.2 Å². The molecule has 3 aromatic carbocycles. The number of hydrazone groups is 1. The summed E-state index contributed by atoms with van der Waals surface area (Å²) in [5.74, 6) is 1.12. The predicted molar refractivity (Wildman–Crippen MR) is 181 cm³/mol. The van der Waals surface area contributed by atoms with Crippen LogP contribution in [0, 0.1) is 5.82 Å². The van der Waals surface area contributed by atoms with Crippen molar-refractivity contribution in [1.82, 2.24) is 25.1 Å². The molecule has 0 radical (unpaired) electrons. The number of halogens is 1. The van der Waals surface area contributed by atoms with Crippen LogP contribution >= 0.6 is 23.1 Å². The summed E-state index contributed by atoms with van der Waals surface area (Å²) in [6.45, 7) is 0.0298. The van der Waals surface area contributed by atoms with E-state index in [1.54, 1.807) is 79.7 Å². The summed E-state index contributed by atoms with van der Waals surface area (Å²) < 4.78 is 32.0. The van der Waals surface area contributed by atoms with Gasteiger partial charge >= 0.3 is 0 Å². The molecule has 1 aliphatic rings. The molecule has 0 fully saturated rings. The minimum Gasteiger partial charge on any atom is -0.497 e. The van der Waals surface area contributed by atoms with Gasteiger partial charge in [0.05, 0.1) is 50.3 Å². The van der Waals surface area contributed by atoms with E-state index in [-0.39, 0.29) is 24.1 Å². The fraction of sp³-hybridized carbons (Fsp3) is 0.206. The van der Waals surface area contributed by atoms with Gasteiger partial charge in [0.2, 0.25) is 0 Å². The lowest BCUT2D eigenvalue weighted by Crippen LogP contribution is -2.29. The molecule has 5 aromatic rings. The Kier molecular flexibility index (Phi) is 10.0. The highest BCUT2D eigenvalue weighted by Gasteiger charge is 2.36. The number of amides is 2. The molecular weight excluding hydrogens is 656 g/mol. The van der Waals surface area contributed by atoms with Crippen molar-refractivity contribution in [2.24, 2.45) is 5.10 Å². The fourth-order valence-corrected chi connectivity index (χ4v) is 6.85. The average Bonchev–Trinajstić information content (AvgIpc) is 3.90. The number of thioether (sulfide) groups is 1. The van der Waals surface area contributed by atoms with Crippen molar-refractivity contribution < 1.29 is 28.2 Å². The summed E-state index contributed by atoms with van der Waals surface area (Å²) in [4.78, 5) is 27.8. The first kappa shape index (κ1) is 32.7. The molecule has 246 valence electrons. The Labute approximate surface area is 284 Å². The Morgan fingerprint density at radius 3 is 2.44 bits per heavy atom. The normalized spacial score (nSPS) is 14.0. The number of benzene rings is 3. The second kappa shape index (κ2) is 14.7. The predicted octanol–water partition coefficient (Wildman–Crippen LogP) is 5.89. The molecule has 0 spiro atoms. The smallest absolute Gasteiger partial charge is 0.253 e. The van der Waals surface area contributed by atoms with Crippen LogP contribution in [0.15, 0.2) is 94.5 Å². The molecule has 48 heavy (non-hydrogen) atoms. The van der Waals surface area contributed by atoms with E-state index in [4.69, 9.17) is 19.3 Å². The van der Waals surface area contributed by atoms with Crippen molar-refractivity contribution in [2.45, 2.75) is 24.2 Å². The van der Waals surface area contributed by atoms with Gasteiger partial charge in [0.1, 0.15) is 11.6 Å². The van der Waals surface area contributed by atoms with Gasteiger partial charge in [0.15, 0.2) is 22.5 Å². The maximum atomic E-state index is 13.9. The number of carbonyl (C=O) groups is 2. The number of thiophene rings is 1. The second-order valence-electron chi connectivity index (χ2n) is 10.5. The molecule has 11 nitrogen and oxygen atoms in total. The lowest BCUT2D eigenvalue weighted by Gasteiger charge is -2.24. The zero-order chi connectivity index (χ0) is 33.6. The summed E-state index contributed by atoms with van der Waals surface area (Å²) in [5.41, 5.74) is 2.58. The van der Waals surface area contributed by atoms with Crippen LogP contribution in [0.4, 0.5) is 4.39 Å². The van der Waals surface area contributed by atoms with Gasteiger partial charge in [0.25, 0.3) is 11.8 Å². The van der Waals surface area contributed by atoms with E-state index in [1.807, 2.05) is 29.6 Å². The van der Waals surface area contributed by atoms with Crippen molar-refractivity contribution in [3.63, 3.8) is 0 Å². The van der Waals surface area contributed by atoms with Gasteiger partial charge in [0, 0.05) is 23.2 Å². The number of nitrogens with one attached hydrogen (secondary N) is 1. The third kappa shape index (κ3) is 6.89. The Hall–Kier alpha value is -5.21. The van der Waals surface area contributed by atoms with Crippen LogP contribution < -0.4 is 19.5 Å². The quantitative estimate of drug-likeness (QED) is 0.161. The zero-order valence-corrected chi connectivity index (χ0v) is 27.9. The second-order valence-corrected chi connectivity index (χ2v) is 12.4. The topological polar surface area (TPSA) is 120 Å². The Morgan fingerprint density at radius 2 is 1.75 bits per heavy atom. The molecular formula is C34H31FN6O5S2. The van der Waals surface area contributed by atoms with Crippen LogP contribution in [0.25, 0.3) is 5.69 Å². The van der Waals surface area contributed by atoms with Crippen molar-refractivity contribution >= 4 is 40.6 Å². The third-order valence-corrected chi connectivity index (χ3v) is 9.47. The summed E-state index contributed by atoms with van der Waals surface area (Å²) in [6.07, 6.45) is 0.490. The minimum atomic E-state index is -0.432. The minimum absolute atomic E-state index is 0.0263. The van der Waals surface area contributed by atoms with E-state index in [0.717, 1.165) is 16.2 Å². The van der Waals surface area contributed by atoms with Gasteiger partial charge < -0.3 is 19.5 Å². The van der Waals surface area contributed by atoms with Crippen molar-refractivity contribution in [3.8, 4) is 22.9 Å². The van der Waals surface area contributed by atoms with Crippen LogP contribution in [-0.4, -0.2) is 64.4 Å². The molecule has 0 saturated carbocycles. The van der Waals surface area contributed by atoms with Crippen LogP contribution in [-0.2, 0) is 11.3 Å². The number of methoxy groups -OCH3 is 3. The molecule has 6 rings (SSSR count). The van der Waals surface area contributed by atoms with Gasteiger partial charge in [-0.15, -0.1) is 21.5 Å². The van der Waals surface area contributed by atoms with Gasteiger partial charge in [-0.2, -0.15) is 5.10 Å².